The van der Waals surface area contributed by atoms with Gasteiger partial charge in [-0.05, 0) is 12.8 Å². The van der Waals surface area contributed by atoms with Gasteiger partial charge in [-0.15, -0.1) is 0 Å². The number of hydrogen-bond acceptors (Lipinski definition) is 2. The first-order valence-corrected chi connectivity index (χ1v) is 5.33. The molecule has 0 heterocycles. The summed E-state index contributed by atoms with van der Waals surface area (Å²) in [5.74, 6) is 0. The summed E-state index contributed by atoms with van der Waals surface area (Å²) in [6.07, 6.45) is 5.46. The highest BCUT2D eigenvalue weighted by atomic mass is 127. The molecule has 2 nitrogen and oxygen atoms in total. The molecule has 0 aromatic carbocycles. The highest BCUT2D eigenvalue weighted by molar-refractivity contribution is 14.1. The van der Waals surface area contributed by atoms with E-state index in [1.54, 1.807) is 0 Å². The maximum absolute atomic E-state index is 5.17. The van der Waals surface area contributed by atoms with Crippen molar-refractivity contribution in [1.29, 1.82) is 0 Å². The van der Waals surface area contributed by atoms with Crippen molar-refractivity contribution in [2.75, 3.05) is 11.3 Å². The molecule has 0 unspecified atom stereocenters. The Kier molecular flexibility index (Phi) is 4.65. The van der Waals surface area contributed by atoms with E-state index in [9.17, 15) is 0 Å². The predicted octanol–water partition coefficient (Wildman–Crippen LogP) is 1.89. The van der Waals surface area contributed by atoms with Gasteiger partial charge in [0.25, 0.3) is 0 Å². The summed E-state index contributed by atoms with van der Waals surface area (Å²) >= 11 is 2.21. The van der Waals surface area contributed by atoms with Gasteiger partial charge >= 0.3 is 0 Å². The van der Waals surface area contributed by atoms with Crippen molar-refractivity contribution in [3.63, 3.8) is 0 Å². The minimum atomic E-state index is 0.730. The quantitative estimate of drug-likeness (QED) is 0.358. The Hall–Kier alpha value is 0.650. The van der Waals surface area contributed by atoms with Crippen molar-refractivity contribution in [3.05, 3.63) is 0 Å². The molecule has 0 bridgehead atoms. The predicted molar refractivity (Wildman–Crippen MR) is 50.2 cm³/mol. The molecule has 0 amide bonds. The summed E-state index contributed by atoms with van der Waals surface area (Å²) in [6.45, 7) is 0.730. The average molecular weight is 255 g/mol. The Morgan fingerprint density at radius 1 is 1.40 bits per heavy atom. The largest absolute Gasteiger partial charge is 0.356 e. The number of hydrogen-bond donors (Lipinski definition) is 1. The van der Waals surface area contributed by atoms with Gasteiger partial charge in [0.05, 0.1) is 11.3 Å². The molecule has 10 heavy (non-hydrogen) atoms. The lowest BCUT2D eigenvalue weighted by Gasteiger charge is -2.10. The van der Waals surface area contributed by atoms with E-state index < -0.39 is 0 Å². The SMILES string of the molecule is ICOCNC1CCCC1. The zero-order chi connectivity index (χ0) is 7.23. The molecule has 0 aliphatic heterocycles. The lowest BCUT2D eigenvalue weighted by Crippen LogP contribution is -2.28. The number of alkyl halides is 1. The van der Waals surface area contributed by atoms with Crippen LogP contribution in [0.5, 0.6) is 0 Å². The highest BCUT2D eigenvalue weighted by Crippen LogP contribution is 2.17. The van der Waals surface area contributed by atoms with Gasteiger partial charge in [0, 0.05) is 6.04 Å². The molecule has 1 N–H and O–H groups in total. The molecule has 0 spiro atoms. The smallest absolute Gasteiger partial charge is 0.0996 e. The number of nitrogens with one attached hydrogen (secondary N) is 1. The molecule has 0 saturated heterocycles. The number of ether oxygens (including phenoxy) is 1. The van der Waals surface area contributed by atoms with Crippen LogP contribution in [-0.4, -0.2) is 17.4 Å². The van der Waals surface area contributed by atoms with Crippen LogP contribution in [0.25, 0.3) is 0 Å². The molecule has 3 heteroatoms. The Morgan fingerprint density at radius 2 is 2.10 bits per heavy atom. The molecular weight excluding hydrogens is 241 g/mol. The third kappa shape index (κ3) is 3.16. The fourth-order valence-electron chi connectivity index (χ4n) is 1.35. The van der Waals surface area contributed by atoms with Gasteiger partial charge in [-0.1, -0.05) is 35.4 Å². The molecule has 1 saturated carbocycles. The summed E-state index contributed by atoms with van der Waals surface area (Å²) in [5, 5.41) is 3.36. The normalized spacial score (nSPS) is 20.1. The summed E-state index contributed by atoms with van der Waals surface area (Å²) < 4.78 is 5.96. The minimum Gasteiger partial charge on any atom is -0.356 e. The van der Waals surface area contributed by atoms with Gasteiger partial charge in [0.1, 0.15) is 0 Å². The molecular formula is C7H14INO. The second-order valence-electron chi connectivity index (χ2n) is 2.64. The third-order valence-corrected chi connectivity index (χ3v) is 2.35. The lowest BCUT2D eigenvalue weighted by molar-refractivity contribution is 0.157. The van der Waals surface area contributed by atoms with Crippen molar-refractivity contribution >= 4 is 22.6 Å². The Labute approximate surface area is 75.8 Å². The van der Waals surface area contributed by atoms with Crippen LogP contribution in [0.15, 0.2) is 0 Å². The summed E-state index contributed by atoms with van der Waals surface area (Å²) in [5.41, 5.74) is 0. The van der Waals surface area contributed by atoms with Gasteiger partial charge in [-0.3, -0.25) is 5.32 Å². The van der Waals surface area contributed by atoms with Crippen molar-refractivity contribution in [2.45, 2.75) is 31.7 Å². The first-order chi connectivity index (χ1) is 4.93. The number of rotatable bonds is 4. The highest BCUT2D eigenvalue weighted by Gasteiger charge is 2.12. The van der Waals surface area contributed by atoms with E-state index in [0.29, 0.717) is 0 Å². The van der Waals surface area contributed by atoms with Crippen molar-refractivity contribution in [2.24, 2.45) is 0 Å². The van der Waals surface area contributed by atoms with Crippen LogP contribution in [-0.2, 0) is 4.74 Å². The van der Waals surface area contributed by atoms with Crippen LogP contribution >= 0.6 is 22.6 Å². The maximum atomic E-state index is 5.17. The molecule has 0 aromatic heterocycles. The summed E-state index contributed by atoms with van der Waals surface area (Å²) in [6, 6.07) is 0.739. The molecule has 0 radical (unpaired) electrons. The van der Waals surface area contributed by atoms with Gasteiger partial charge < -0.3 is 4.74 Å². The van der Waals surface area contributed by atoms with E-state index in [-0.39, 0.29) is 0 Å². The summed E-state index contributed by atoms with van der Waals surface area (Å²) in [4.78, 5) is 0. The third-order valence-electron chi connectivity index (χ3n) is 1.91. The van der Waals surface area contributed by atoms with Crippen LogP contribution in [0.4, 0.5) is 0 Å². The minimum absolute atomic E-state index is 0.730. The van der Waals surface area contributed by atoms with Gasteiger partial charge in [0.15, 0.2) is 0 Å². The van der Waals surface area contributed by atoms with Crippen LogP contribution in [0, 0.1) is 0 Å². The van der Waals surface area contributed by atoms with E-state index in [1.165, 1.54) is 25.7 Å². The Morgan fingerprint density at radius 3 is 2.70 bits per heavy atom. The Balaban J connectivity index is 1.91. The van der Waals surface area contributed by atoms with Gasteiger partial charge in [-0.25, -0.2) is 0 Å². The van der Waals surface area contributed by atoms with Crippen molar-refractivity contribution in [3.8, 4) is 0 Å². The van der Waals surface area contributed by atoms with Crippen molar-refractivity contribution in [1.82, 2.24) is 5.32 Å². The second kappa shape index (κ2) is 5.32. The maximum Gasteiger partial charge on any atom is 0.0996 e. The first kappa shape index (κ1) is 8.74. The van der Waals surface area contributed by atoms with Crippen LogP contribution < -0.4 is 5.32 Å². The molecule has 1 rings (SSSR count). The van der Waals surface area contributed by atoms with Gasteiger partial charge in [-0.2, -0.15) is 0 Å². The average Bonchev–Trinajstić information content (AvgIpc) is 2.41. The summed E-state index contributed by atoms with van der Waals surface area (Å²) in [7, 11) is 0. The fourth-order valence-corrected chi connectivity index (χ4v) is 1.57. The first-order valence-electron chi connectivity index (χ1n) is 3.80. The number of halogens is 1. The standard InChI is InChI=1S/C7H14INO/c8-5-10-6-9-7-3-1-2-4-7/h7,9H,1-6H2. The lowest BCUT2D eigenvalue weighted by atomic mass is 10.3. The molecule has 0 atom stereocenters. The molecule has 60 valence electrons. The molecule has 1 fully saturated rings. The van der Waals surface area contributed by atoms with E-state index in [2.05, 4.69) is 27.9 Å². The Bertz CT molecular complexity index is 83.7. The zero-order valence-corrected chi connectivity index (χ0v) is 8.26. The van der Waals surface area contributed by atoms with Crippen LogP contribution in [0.2, 0.25) is 0 Å². The monoisotopic (exact) mass is 255 g/mol. The topological polar surface area (TPSA) is 21.3 Å². The molecule has 1 aliphatic rings. The zero-order valence-electron chi connectivity index (χ0n) is 6.11. The van der Waals surface area contributed by atoms with Crippen LogP contribution in [0.1, 0.15) is 25.7 Å². The van der Waals surface area contributed by atoms with E-state index in [4.69, 9.17) is 4.74 Å². The van der Waals surface area contributed by atoms with Crippen LogP contribution in [0.3, 0.4) is 0 Å². The van der Waals surface area contributed by atoms with E-state index in [1.807, 2.05) is 0 Å². The van der Waals surface area contributed by atoms with Gasteiger partial charge in [0.2, 0.25) is 0 Å². The molecule has 1 aliphatic carbocycles. The second-order valence-corrected chi connectivity index (χ2v) is 3.27. The fraction of sp³-hybridized carbons (Fsp3) is 1.00. The molecule has 0 aromatic rings. The van der Waals surface area contributed by atoms with E-state index >= 15 is 0 Å². The van der Waals surface area contributed by atoms with Crippen molar-refractivity contribution < 1.29 is 4.74 Å². The van der Waals surface area contributed by atoms with E-state index in [0.717, 1.165) is 17.4 Å².